The van der Waals surface area contributed by atoms with Gasteiger partial charge in [0.25, 0.3) is 0 Å². The predicted octanol–water partition coefficient (Wildman–Crippen LogP) is 4.04. The monoisotopic (exact) mass is 336 g/mol. The topological polar surface area (TPSA) is 55.1 Å². The minimum Gasteiger partial charge on any atom is -0.478 e. The molecule has 0 spiro atoms. The Morgan fingerprint density at radius 1 is 1.36 bits per heavy atom. The summed E-state index contributed by atoms with van der Waals surface area (Å²) in [7, 11) is 0. The molecule has 4 nitrogen and oxygen atoms in total. The summed E-state index contributed by atoms with van der Waals surface area (Å²) >= 11 is 12.1. The van der Waals surface area contributed by atoms with Crippen LogP contribution in [0.1, 0.15) is 29.7 Å². The van der Waals surface area contributed by atoms with Crippen molar-refractivity contribution in [2.24, 2.45) is 0 Å². The number of carbonyl (C=O) groups is 1. The lowest BCUT2D eigenvalue weighted by atomic mass is 9.92. The van der Waals surface area contributed by atoms with Crippen LogP contribution in [0, 0.1) is 0 Å². The van der Waals surface area contributed by atoms with Crippen LogP contribution in [0.2, 0.25) is 10.0 Å². The van der Waals surface area contributed by atoms with Gasteiger partial charge in [0, 0.05) is 16.1 Å². The molecular formula is C16H14Cl2N2O2. The summed E-state index contributed by atoms with van der Waals surface area (Å²) in [4.78, 5) is 11.0. The van der Waals surface area contributed by atoms with E-state index in [9.17, 15) is 4.79 Å². The summed E-state index contributed by atoms with van der Waals surface area (Å²) < 4.78 is 1.82. The molecule has 0 fully saturated rings. The first-order valence-electron chi connectivity index (χ1n) is 6.97. The Hall–Kier alpha value is -1.78. The number of halogens is 2. The van der Waals surface area contributed by atoms with Crippen LogP contribution in [0.25, 0.3) is 5.57 Å². The van der Waals surface area contributed by atoms with Crippen molar-refractivity contribution in [3.8, 4) is 0 Å². The van der Waals surface area contributed by atoms with E-state index in [0.717, 1.165) is 41.7 Å². The molecule has 22 heavy (non-hydrogen) atoms. The molecule has 1 aliphatic carbocycles. The van der Waals surface area contributed by atoms with Crippen LogP contribution < -0.4 is 0 Å². The van der Waals surface area contributed by atoms with Crippen LogP contribution in [0.5, 0.6) is 0 Å². The molecule has 0 radical (unpaired) electrons. The second-order valence-electron chi connectivity index (χ2n) is 5.27. The number of aryl methyl sites for hydroxylation is 1. The van der Waals surface area contributed by atoms with E-state index in [1.807, 2.05) is 16.9 Å². The molecule has 1 aromatic carbocycles. The summed E-state index contributed by atoms with van der Waals surface area (Å²) in [5.74, 6) is -0.930. The quantitative estimate of drug-likeness (QED) is 0.860. The number of aliphatic carboxylic acids is 1. The van der Waals surface area contributed by atoms with Crippen molar-refractivity contribution in [3.05, 3.63) is 57.3 Å². The largest absolute Gasteiger partial charge is 0.478 e. The van der Waals surface area contributed by atoms with Crippen LogP contribution in [0.15, 0.2) is 30.5 Å². The molecule has 0 amide bonds. The normalized spacial score (nSPS) is 15.8. The second-order valence-corrected chi connectivity index (χ2v) is 6.12. The van der Waals surface area contributed by atoms with Gasteiger partial charge in [-0.2, -0.15) is 5.10 Å². The van der Waals surface area contributed by atoms with Gasteiger partial charge < -0.3 is 5.11 Å². The Morgan fingerprint density at radius 2 is 2.18 bits per heavy atom. The fourth-order valence-corrected chi connectivity index (χ4v) is 3.26. The highest BCUT2D eigenvalue weighted by molar-refractivity contribution is 6.35. The van der Waals surface area contributed by atoms with Gasteiger partial charge in [-0.05, 0) is 48.1 Å². The molecule has 1 N–H and O–H groups in total. The van der Waals surface area contributed by atoms with Gasteiger partial charge in [0.1, 0.15) is 0 Å². The predicted molar refractivity (Wildman–Crippen MR) is 86.3 cm³/mol. The van der Waals surface area contributed by atoms with Crippen molar-refractivity contribution < 1.29 is 9.90 Å². The zero-order valence-corrected chi connectivity index (χ0v) is 13.2. The van der Waals surface area contributed by atoms with E-state index in [1.54, 1.807) is 12.1 Å². The Morgan fingerprint density at radius 3 is 2.91 bits per heavy atom. The van der Waals surface area contributed by atoms with Gasteiger partial charge in [-0.3, -0.25) is 4.68 Å². The van der Waals surface area contributed by atoms with E-state index < -0.39 is 5.97 Å². The number of benzene rings is 1. The van der Waals surface area contributed by atoms with Gasteiger partial charge in [0.15, 0.2) is 0 Å². The third-order valence-electron chi connectivity index (χ3n) is 3.74. The van der Waals surface area contributed by atoms with E-state index in [1.165, 1.54) is 6.08 Å². The Labute approximate surface area is 138 Å². The number of carboxylic acid groups (broad SMARTS) is 1. The molecule has 6 heteroatoms. The summed E-state index contributed by atoms with van der Waals surface area (Å²) in [5.41, 5.74) is 3.71. The number of nitrogens with zero attached hydrogens (tertiary/aromatic N) is 2. The maximum absolute atomic E-state index is 11.0. The second kappa shape index (κ2) is 6.15. The standard InChI is InChI=1S/C16H14Cl2N2O2/c17-13-5-4-12(14(18)7-13)9-20-16-10(6-15(21)22)2-1-3-11(16)8-19-20/h4-8H,1-3,9H2,(H,21,22)/b10-6+. The summed E-state index contributed by atoms with van der Waals surface area (Å²) in [6, 6.07) is 5.34. The van der Waals surface area contributed by atoms with Crippen molar-refractivity contribution in [3.63, 3.8) is 0 Å². The average Bonchev–Trinajstić information content (AvgIpc) is 2.86. The van der Waals surface area contributed by atoms with Crippen LogP contribution >= 0.6 is 23.2 Å². The Kier molecular flexibility index (Phi) is 4.23. The van der Waals surface area contributed by atoms with Crippen LogP contribution in [0.3, 0.4) is 0 Å². The highest BCUT2D eigenvalue weighted by atomic mass is 35.5. The molecule has 1 heterocycles. The lowest BCUT2D eigenvalue weighted by Crippen LogP contribution is -2.11. The van der Waals surface area contributed by atoms with E-state index >= 15 is 0 Å². The number of carboxylic acids is 1. The highest BCUT2D eigenvalue weighted by Gasteiger charge is 2.21. The lowest BCUT2D eigenvalue weighted by Gasteiger charge is -2.17. The van der Waals surface area contributed by atoms with Gasteiger partial charge in [-0.1, -0.05) is 29.3 Å². The molecule has 0 aliphatic heterocycles. The maximum atomic E-state index is 11.0. The first-order valence-corrected chi connectivity index (χ1v) is 7.72. The van der Waals surface area contributed by atoms with Crippen LogP contribution in [-0.2, 0) is 17.8 Å². The van der Waals surface area contributed by atoms with Gasteiger partial charge in [0.2, 0.25) is 0 Å². The SMILES string of the molecule is O=C(O)/C=C1\CCCc2cnn(Cc3ccc(Cl)cc3Cl)c21. The average molecular weight is 337 g/mol. The molecule has 1 aromatic heterocycles. The maximum Gasteiger partial charge on any atom is 0.328 e. The molecule has 1 aliphatic rings. The van der Waals surface area contributed by atoms with Gasteiger partial charge >= 0.3 is 5.97 Å². The van der Waals surface area contributed by atoms with Crippen molar-refractivity contribution in [2.45, 2.75) is 25.8 Å². The Bertz CT molecular complexity index is 766. The molecule has 0 bridgehead atoms. The third kappa shape index (κ3) is 3.03. The zero-order valence-electron chi connectivity index (χ0n) is 11.7. The molecule has 2 aromatic rings. The van der Waals surface area contributed by atoms with Crippen molar-refractivity contribution in [1.29, 1.82) is 0 Å². The van der Waals surface area contributed by atoms with E-state index in [-0.39, 0.29) is 0 Å². The minimum atomic E-state index is -0.930. The summed E-state index contributed by atoms with van der Waals surface area (Å²) in [6.45, 7) is 0.488. The molecular weight excluding hydrogens is 323 g/mol. The molecule has 0 saturated carbocycles. The van der Waals surface area contributed by atoms with Crippen LogP contribution in [-0.4, -0.2) is 20.9 Å². The van der Waals surface area contributed by atoms with Gasteiger partial charge in [-0.25, -0.2) is 4.79 Å². The number of hydrogen-bond donors (Lipinski definition) is 1. The first kappa shape index (κ1) is 15.1. The molecule has 3 rings (SSSR count). The number of fused-ring (bicyclic) bond motifs is 1. The van der Waals surface area contributed by atoms with Crippen molar-refractivity contribution >= 4 is 34.7 Å². The van der Waals surface area contributed by atoms with Crippen molar-refractivity contribution in [1.82, 2.24) is 9.78 Å². The van der Waals surface area contributed by atoms with Crippen LogP contribution in [0.4, 0.5) is 0 Å². The third-order valence-corrected chi connectivity index (χ3v) is 4.33. The van der Waals surface area contributed by atoms with E-state index in [4.69, 9.17) is 28.3 Å². The molecule has 0 atom stereocenters. The van der Waals surface area contributed by atoms with Gasteiger partial charge in [-0.15, -0.1) is 0 Å². The molecule has 0 saturated heterocycles. The smallest absolute Gasteiger partial charge is 0.328 e. The van der Waals surface area contributed by atoms with Gasteiger partial charge in [0.05, 0.1) is 18.4 Å². The fourth-order valence-electron chi connectivity index (χ4n) is 2.79. The zero-order chi connectivity index (χ0) is 15.7. The summed E-state index contributed by atoms with van der Waals surface area (Å²) in [5, 5.41) is 14.6. The summed E-state index contributed by atoms with van der Waals surface area (Å²) in [6.07, 6.45) is 5.70. The number of rotatable bonds is 3. The van der Waals surface area contributed by atoms with E-state index in [0.29, 0.717) is 16.6 Å². The highest BCUT2D eigenvalue weighted by Crippen LogP contribution is 2.31. The van der Waals surface area contributed by atoms with E-state index in [2.05, 4.69) is 5.10 Å². The fraction of sp³-hybridized carbons (Fsp3) is 0.250. The molecule has 0 unspecified atom stereocenters. The molecule has 114 valence electrons. The lowest BCUT2D eigenvalue weighted by molar-refractivity contribution is -0.131. The minimum absolute atomic E-state index is 0.488. The first-order chi connectivity index (χ1) is 10.5. The number of aromatic nitrogens is 2. The number of allylic oxidation sites excluding steroid dienone is 1. The Balaban J connectivity index is 1.99. The van der Waals surface area contributed by atoms with Crippen molar-refractivity contribution in [2.75, 3.05) is 0 Å². The number of hydrogen-bond acceptors (Lipinski definition) is 2.